The van der Waals surface area contributed by atoms with Crippen molar-refractivity contribution in [3.05, 3.63) is 111 Å². The van der Waals surface area contributed by atoms with Crippen LogP contribution < -0.4 is 10.2 Å². The summed E-state index contributed by atoms with van der Waals surface area (Å²) >= 11 is 9.45. The lowest BCUT2D eigenvalue weighted by Gasteiger charge is -2.28. The first-order valence-electron chi connectivity index (χ1n) is 11.4. The van der Waals surface area contributed by atoms with Gasteiger partial charge in [0.05, 0.1) is 17.8 Å². The first kappa shape index (κ1) is 22.8. The minimum Gasteiger partial charge on any atom is -0.351 e. The number of benzene rings is 2. The second-order valence-corrected chi connectivity index (χ2v) is 10.3. The molecule has 4 aromatic rings. The number of nitrogens with one attached hydrogen (secondary N) is 1. The molecule has 2 atom stereocenters. The zero-order chi connectivity index (χ0) is 24.0. The average molecular weight is 532 g/mol. The third-order valence-electron chi connectivity index (χ3n) is 6.46. The summed E-state index contributed by atoms with van der Waals surface area (Å²) in [6.07, 6.45) is 1.85. The monoisotopic (exact) mass is 530 g/mol. The van der Waals surface area contributed by atoms with Crippen molar-refractivity contribution in [2.75, 3.05) is 4.90 Å². The Morgan fingerprint density at radius 3 is 2.24 bits per heavy atom. The van der Waals surface area contributed by atoms with E-state index in [0.717, 1.165) is 15.9 Å². The molecule has 3 heterocycles. The lowest BCUT2D eigenvalue weighted by Crippen LogP contribution is -2.29. The van der Waals surface area contributed by atoms with Crippen LogP contribution in [-0.2, 0) is 0 Å². The Balaban J connectivity index is 1.69. The highest BCUT2D eigenvalue weighted by Crippen LogP contribution is 2.44. The molecule has 1 aliphatic heterocycles. The van der Waals surface area contributed by atoms with Gasteiger partial charge in [-0.2, -0.15) is 0 Å². The minimum absolute atomic E-state index is 0.0329. The molecule has 2 aromatic carbocycles. The zero-order valence-corrected chi connectivity index (χ0v) is 22.1. The number of anilines is 1. The van der Waals surface area contributed by atoms with Crippen molar-refractivity contribution in [3.8, 4) is 5.69 Å². The Hall–Kier alpha value is -2.96. The third-order valence-corrected chi connectivity index (χ3v) is 7.30. The molecule has 1 fully saturated rings. The van der Waals surface area contributed by atoms with Crippen molar-refractivity contribution in [2.45, 2.75) is 39.8 Å². The van der Waals surface area contributed by atoms with Gasteiger partial charge in [-0.05, 0) is 111 Å². The largest absolute Gasteiger partial charge is 0.351 e. The van der Waals surface area contributed by atoms with Gasteiger partial charge in [-0.15, -0.1) is 0 Å². The van der Waals surface area contributed by atoms with Gasteiger partial charge in [0.1, 0.15) is 0 Å². The van der Waals surface area contributed by atoms with E-state index in [0.29, 0.717) is 5.11 Å². The molecule has 0 aliphatic carbocycles. The summed E-state index contributed by atoms with van der Waals surface area (Å²) in [5.74, 6) is 0. The molecule has 6 heteroatoms. The van der Waals surface area contributed by atoms with Crippen molar-refractivity contribution in [1.82, 2.24) is 14.9 Å². The van der Waals surface area contributed by atoms with Gasteiger partial charge >= 0.3 is 0 Å². The van der Waals surface area contributed by atoms with Gasteiger partial charge in [0.25, 0.3) is 0 Å². The fraction of sp³-hybridized carbons (Fsp3) is 0.214. The van der Waals surface area contributed by atoms with Crippen LogP contribution in [0.2, 0.25) is 0 Å². The van der Waals surface area contributed by atoms with Crippen LogP contribution in [0.4, 0.5) is 5.69 Å². The van der Waals surface area contributed by atoms with Crippen LogP contribution >= 0.6 is 28.1 Å². The Morgan fingerprint density at radius 2 is 1.59 bits per heavy atom. The smallest absolute Gasteiger partial charge is 0.174 e. The molecule has 0 spiro atoms. The Morgan fingerprint density at radius 1 is 0.882 bits per heavy atom. The van der Waals surface area contributed by atoms with E-state index in [4.69, 9.17) is 17.2 Å². The molecule has 1 aliphatic rings. The molecule has 34 heavy (non-hydrogen) atoms. The van der Waals surface area contributed by atoms with E-state index in [1.165, 1.54) is 33.8 Å². The molecule has 2 aromatic heterocycles. The van der Waals surface area contributed by atoms with Gasteiger partial charge in [-0.25, -0.2) is 0 Å². The first-order valence-corrected chi connectivity index (χ1v) is 12.6. The highest BCUT2D eigenvalue weighted by atomic mass is 79.9. The molecule has 1 N–H and O–H groups in total. The lowest BCUT2D eigenvalue weighted by atomic mass is 9.96. The van der Waals surface area contributed by atoms with Crippen LogP contribution in [0.3, 0.4) is 0 Å². The summed E-state index contributed by atoms with van der Waals surface area (Å²) in [7, 11) is 0. The van der Waals surface area contributed by atoms with Crippen molar-refractivity contribution in [2.24, 2.45) is 0 Å². The molecule has 2 unspecified atom stereocenters. The standard InChI is InChI=1S/C28H27BrN4S/c1-17-13-18(2)15-23(14-17)32-19(3)16-24(20(32)4)27-26(25-7-5-6-12-30-25)31-28(34)33(27)22-10-8-21(29)9-11-22/h5-16,26-27H,1-4H3,(H,31,34). The minimum atomic E-state index is -0.0643. The van der Waals surface area contributed by atoms with E-state index < -0.39 is 0 Å². The molecule has 4 nitrogen and oxygen atoms in total. The Bertz CT molecular complexity index is 1340. The number of aryl methyl sites for hydroxylation is 3. The first-order chi connectivity index (χ1) is 16.3. The second kappa shape index (κ2) is 9.01. The van der Waals surface area contributed by atoms with E-state index in [2.05, 4.69) is 113 Å². The highest BCUT2D eigenvalue weighted by Gasteiger charge is 2.42. The fourth-order valence-electron chi connectivity index (χ4n) is 5.11. The molecular weight excluding hydrogens is 504 g/mol. The maximum Gasteiger partial charge on any atom is 0.174 e. The Kier molecular flexibility index (Phi) is 6.04. The van der Waals surface area contributed by atoms with Crippen LogP contribution in [0.25, 0.3) is 5.69 Å². The molecular formula is C28H27BrN4S. The van der Waals surface area contributed by atoms with Crippen molar-refractivity contribution in [3.63, 3.8) is 0 Å². The SMILES string of the molecule is Cc1cc(C)cc(-n2c(C)cc(C3C(c4ccccn4)NC(=S)N3c3ccc(Br)cc3)c2C)c1. The maximum atomic E-state index is 5.89. The Labute approximate surface area is 214 Å². The zero-order valence-electron chi connectivity index (χ0n) is 19.7. The second-order valence-electron chi connectivity index (χ2n) is 8.98. The molecule has 0 amide bonds. The van der Waals surface area contributed by atoms with E-state index in [-0.39, 0.29) is 12.1 Å². The van der Waals surface area contributed by atoms with E-state index >= 15 is 0 Å². The number of aromatic nitrogens is 2. The molecule has 0 saturated carbocycles. The summed E-state index contributed by atoms with van der Waals surface area (Å²) in [6, 6.07) is 23.3. The lowest BCUT2D eigenvalue weighted by molar-refractivity contribution is 0.565. The van der Waals surface area contributed by atoms with Gasteiger partial charge in [0.2, 0.25) is 0 Å². The van der Waals surface area contributed by atoms with Crippen LogP contribution in [0, 0.1) is 27.7 Å². The number of hydrogen-bond donors (Lipinski definition) is 1. The summed E-state index contributed by atoms with van der Waals surface area (Å²) in [4.78, 5) is 6.92. The van der Waals surface area contributed by atoms with Crippen LogP contribution in [-0.4, -0.2) is 14.7 Å². The van der Waals surface area contributed by atoms with Gasteiger partial charge in [0.15, 0.2) is 5.11 Å². The normalized spacial score (nSPS) is 17.8. The molecule has 0 radical (unpaired) electrons. The van der Waals surface area contributed by atoms with E-state index in [9.17, 15) is 0 Å². The number of halogens is 1. The van der Waals surface area contributed by atoms with E-state index in [1.807, 2.05) is 18.3 Å². The van der Waals surface area contributed by atoms with Crippen LogP contribution in [0.5, 0.6) is 0 Å². The van der Waals surface area contributed by atoms with Crippen LogP contribution in [0.15, 0.2) is 77.4 Å². The molecule has 5 rings (SSSR count). The average Bonchev–Trinajstić information content (AvgIpc) is 3.29. The molecule has 172 valence electrons. The van der Waals surface area contributed by atoms with Crippen molar-refractivity contribution in [1.29, 1.82) is 0 Å². The van der Waals surface area contributed by atoms with E-state index in [1.54, 1.807) is 0 Å². The fourth-order valence-corrected chi connectivity index (χ4v) is 5.73. The van der Waals surface area contributed by atoms with Gasteiger partial charge in [-0.1, -0.05) is 28.1 Å². The summed E-state index contributed by atoms with van der Waals surface area (Å²) in [5.41, 5.74) is 9.39. The summed E-state index contributed by atoms with van der Waals surface area (Å²) in [6.45, 7) is 8.68. The molecule has 0 bridgehead atoms. The maximum absolute atomic E-state index is 5.89. The number of nitrogens with zero attached hydrogens (tertiary/aromatic N) is 3. The number of rotatable bonds is 4. The van der Waals surface area contributed by atoms with Crippen molar-refractivity contribution < 1.29 is 0 Å². The summed E-state index contributed by atoms with van der Waals surface area (Å²) < 4.78 is 3.39. The number of thiocarbonyl (C=S) groups is 1. The van der Waals surface area contributed by atoms with Gasteiger partial charge in [0, 0.05) is 33.4 Å². The quantitative estimate of drug-likeness (QED) is 0.286. The van der Waals surface area contributed by atoms with Gasteiger partial charge in [-0.3, -0.25) is 4.98 Å². The summed E-state index contributed by atoms with van der Waals surface area (Å²) in [5, 5.41) is 4.28. The third kappa shape index (κ3) is 4.05. The predicted molar refractivity (Wildman–Crippen MR) is 147 cm³/mol. The highest BCUT2D eigenvalue weighted by molar-refractivity contribution is 9.10. The molecule has 1 saturated heterocycles. The topological polar surface area (TPSA) is 33.1 Å². The van der Waals surface area contributed by atoms with Crippen molar-refractivity contribution >= 4 is 38.9 Å². The number of hydrogen-bond acceptors (Lipinski definition) is 2. The number of pyridine rings is 1. The predicted octanol–water partition coefficient (Wildman–Crippen LogP) is 7.05. The van der Waals surface area contributed by atoms with Crippen LogP contribution in [0.1, 0.15) is 45.9 Å². The van der Waals surface area contributed by atoms with Gasteiger partial charge < -0.3 is 14.8 Å².